The fourth-order valence-corrected chi connectivity index (χ4v) is 2.92. The number of benzene rings is 2. The van der Waals surface area contributed by atoms with Crippen LogP contribution in [-0.2, 0) is 0 Å². The molecule has 0 bridgehead atoms. The summed E-state index contributed by atoms with van der Waals surface area (Å²) in [5, 5.41) is 3.49. The Labute approximate surface area is 143 Å². The third kappa shape index (κ3) is 3.23. The Morgan fingerprint density at radius 3 is 2.71 bits per heavy atom. The van der Waals surface area contributed by atoms with E-state index in [1.165, 1.54) is 0 Å². The Morgan fingerprint density at radius 2 is 1.96 bits per heavy atom. The van der Waals surface area contributed by atoms with Crippen molar-refractivity contribution in [1.29, 1.82) is 0 Å². The highest BCUT2D eigenvalue weighted by Gasteiger charge is 2.31. The molecule has 0 fully saturated rings. The number of hydrogen-bond donors (Lipinski definition) is 1. The summed E-state index contributed by atoms with van der Waals surface area (Å²) in [5.41, 5.74) is 2.63. The predicted octanol–water partition coefficient (Wildman–Crippen LogP) is 4.31. The maximum absolute atomic E-state index is 12.8. The molecule has 1 atom stereocenters. The Hall–Kier alpha value is -2.49. The standard InChI is InChI=1S/C20H24N2O2/c1-4-22-19(21-18-11-6-5-10-17(18)20(22)23)15-8-7-9-16(12-15)24-13-14(2)3/h5-12,14,19,21H,4,13H2,1-3H3. The molecular formula is C20H24N2O2. The van der Waals surface area contributed by atoms with Crippen LogP contribution >= 0.6 is 0 Å². The number of ether oxygens (including phenoxy) is 1. The van der Waals surface area contributed by atoms with Crippen LogP contribution in [0.2, 0.25) is 0 Å². The second-order valence-electron chi connectivity index (χ2n) is 6.46. The monoisotopic (exact) mass is 324 g/mol. The number of fused-ring (bicyclic) bond motifs is 1. The second-order valence-corrected chi connectivity index (χ2v) is 6.46. The first kappa shape index (κ1) is 16.4. The Balaban J connectivity index is 1.91. The van der Waals surface area contributed by atoms with Crippen molar-refractivity contribution in [3.8, 4) is 5.75 Å². The lowest BCUT2D eigenvalue weighted by atomic mass is 10.0. The van der Waals surface area contributed by atoms with Gasteiger partial charge >= 0.3 is 0 Å². The molecule has 0 aliphatic carbocycles. The summed E-state index contributed by atoms with van der Waals surface area (Å²) in [6, 6.07) is 15.6. The van der Waals surface area contributed by atoms with Crippen LogP contribution < -0.4 is 10.1 Å². The summed E-state index contributed by atoms with van der Waals surface area (Å²) in [4.78, 5) is 14.6. The van der Waals surface area contributed by atoms with Crippen LogP contribution in [0.4, 0.5) is 5.69 Å². The summed E-state index contributed by atoms with van der Waals surface area (Å²) < 4.78 is 5.83. The number of hydrogen-bond acceptors (Lipinski definition) is 3. The Bertz CT molecular complexity index is 727. The van der Waals surface area contributed by atoms with Crippen molar-refractivity contribution in [3.63, 3.8) is 0 Å². The third-order valence-electron chi connectivity index (χ3n) is 4.12. The number of para-hydroxylation sites is 1. The maximum atomic E-state index is 12.8. The summed E-state index contributed by atoms with van der Waals surface area (Å²) in [6.07, 6.45) is -0.181. The minimum atomic E-state index is -0.181. The molecule has 4 nitrogen and oxygen atoms in total. The molecule has 0 spiro atoms. The minimum Gasteiger partial charge on any atom is -0.493 e. The largest absolute Gasteiger partial charge is 0.493 e. The summed E-state index contributed by atoms with van der Waals surface area (Å²) in [7, 11) is 0. The molecule has 3 rings (SSSR count). The number of amides is 1. The summed E-state index contributed by atoms with van der Waals surface area (Å²) in [6.45, 7) is 7.57. The van der Waals surface area contributed by atoms with E-state index in [-0.39, 0.29) is 12.1 Å². The topological polar surface area (TPSA) is 41.6 Å². The van der Waals surface area contributed by atoms with Crippen LogP contribution in [-0.4, -0.2) is 24.0 Å². The molecule has 1 aliphatic heterocycles. The molecule has 4 heteroatoms. The Kier molecular flexibility index (Phi) is 4.74. The first-order valence-corrected chi connectivity index (χ1v) is 8.49. The van der Waals surface area contributed by atoms with Crippen molar-refractivity contribution < 1.29 is 9.53 Å². The van der Waals surface area contributed by atoms with Crippen LogP contribution in [0.15, 0.2) is 48.5 Å². The van der Waals surface area contributed by atoms with Crippen molar-refractivity contribution >= 4 is 11.6 Å². The van der Waals surface area contributed by atoms with Crippen molar-refractivity contribution in [2.75, 3.05) is 18.5 Å². The molecule has 1 aliphatic rings. The lowest BCUT2D eigenvalue weighted by molar-refractivity contribution is 0.0694. The van der Waals surface area contributed by atoms with Gasteiger partial charge in [0.1, 0.15) is 11.9 Å². The van der Waals surface area contributed by atoms with Gasteiger partial charge in [-0.25, -0.2) is 0 Å². The highest BCUT2D eigenvalue weighted by molar-refractivity contribution is 6.01. The van der Waals surface area contributed by atoms with E-state index in [9.17, 15) is 4.79 Å². The van der Waals surface area contributed by atoms with E-state index in [4.69, 9.17) is 4.74 Å². The molecule has 1 N–H and O–H groups in total. The van der Waals surface area contributed by atoms with Gasteiger partial charge in [-0.05, 0) is 42.7 Å². The van der Waals surface area contributed by atoms with Crippen LogP contribution in [0.25, 0.3) is 0 Å². The van der Waals surface area contributed by atoms with Gasteiger partial charge in [-0.3, -0.25) is 4.79 Å². The number of carbonyl (C=O) groups is 1. The number of carbonyl (C=O) groups excluding carboxylic acids is 1. The molecule has 24 heavy (non-hydrogen) atoms. The van der Waals surface area contributed by atoms with E-state index in [1.54, 1.807) is 0 Å². The van der Waals surface area contributed by atoms with Crippen molar-refractivity contribution in [1.82, 2.24) is 4.90 Å². The van der Waals surface area contributed by atoms with Gasteiger partial charge in [0.15, 0.2) is 0 Å². The normalized spacial score (nSPS) is 16.8. The maximum Gasteiger partial charge on any atom is 0.257 e. The van der Waals surface area contributed by atoms with Crippen molar-refractivity contribution in [2.45, 2.75) is 26.9 Å². The Morgan fingerprint density at radius 1 is 1.17 bits per heavy atom. The zero-order chi connectivity index (χ0) is 17.1. The van der Waals surface area contributed by atoms with Crippen LogP contribution in [0, 0.1) is 5.92 Å². The smallest absolute Gasteiger partial charge is 0.257 e. The fourth-order valence-electron chi connectivity index (χ4n) is 2.92. The van der Waals surface area contributed by atoms with Crippen LogP contribution in [0.1, 0.15) is 42.9 Å². The number of anilines is 1. The zero-order valence-electron chi connectivity index (χ0n) is 14.5. The predicted molar refractivity (Wildman–Crippen MR) is 96.3 cm³/mol. The van der Waals surface area contributed by atoms with Crippen molar-refractivity contribution in [2.24, 2.45) is 5.92 Å². The average molecular weight is 324 g/mol. The van der Waals surface area contributed by atoms with E-state index in [0.717, 1.165) is 22.6 Å². The van der Waals surface area contributed by atoms with E-state index >= 15 is 0 Å². The van der Waals surface area contributed by atoms with Gasteiger partial charge in [0.2, 0.25) is 0 Å². The quantitative estimate of drug-likeness (QED) is 0.891. The van der Waals surface area contributed by atoms with E-state index < -0.39 is 0 Å². The molecular weight excluding hydrogens is 300 g/mol. The first-order valence-electron chi connectivity index (χ1n) is 8.49. The SMILES string of the molecule is CCN1C(=O)c2ccccc2NC1c1cccc(OCC(C)C)c1. The molecule has 2 aromatic carbocycles. The molecule has 0 saturated carbocycles. The number of nitrogens with zero attached hydrogens (tertiary/aromatic N) is 1. The molecule has 1 heterocycles. The van der Waals surface area contributed by atoms with E-state index in [1.807, 2.05) is 60.4 Å². The highest BCUT2D eigenvalue weighted by Crippen LogP contribution is 2.33. The van der Waals surface area contributed by atoms with Gasteiger partial charge in [0.05, 0.1) is 12.2 Å². The lowest BCUT2D eigenvalue weighted by Gasteiger charge is -2.37. The zero-order valence-corrected chi connectivity index (χ0v) is 14.5. The van der Waals surface area contributed by atoms with E-state index in [2.05, 4.69) is 19.2 Å². The number of nitrogens with one attached hydrogen (secondary N) is 1. The molecule has 0 radical (unpaired) electrons. The van der Waals surface area contributed by atoms with Gasteiger partial charge in [-0.15, -0.1) is 0 Å². The molecule has 2 aromatic rings. The van der Waals surface area contributed by atoms with Gasteiger partial charge in [0.25, 0.3) is 5.91 Å². The third-order valence-corrected chi connectivity index (χ3v) is 4.12. The van der Waals surface area contributed by atoms with Crippen LogP contribution in [0.3, 0.4) is 0 Å². The number of rotatable bonds is 5. The highest BCUT2D eigenvalue weighted by atomic mass is 16.5. The second kappa shape index (κ2) is 6.95. The average Bonchev–Trinajstić information content (AvgIpc) is 2.60. The van der Waals surface area contributed by atoms with Crippen LogP contribution in [0.5, 0.6) is 5.75 Å². The molecule has 0 saturated heterocycles. The molecule has 1 unspecified atom stereocenters. The lowest BCUT2D eigenvalue weighted by Crippen LogP contribution is -2.42. The first-order chi connectivity index (χ1) is 11.6. The van der Waals surface area contributed by atoms with Gasteiger partial charge in [0, 0.05) is 12.2 Å². The summed E-state index contributed by atoms with van der Waals surface area (Å²) >= 11 is 0. The van der Waals surface area contributed by atoms with Gasteiger partial charge in [-0.2, -0.15) is 0 Å². The van der Waals surface area contributed by atoms with Gasteiger partial charge in [-0.1, -0.05) is 38.1 Å². The molecule has 1 amide bonds. The molecule has 0 aromatic heterocycles. The van der Waals surface area contributed by atoms with E-state index in [0.29, 0.717) is 19.1 Å². The molecule has 126 valence electrons. The van der Waals surface area contributed by atoms with Crippen molar-refractivity contribution in [3.05, 3.63) is 59.7 Å². The minimum absolute atomic E-state index is 0.0605. The fraction of sp³-hybridized carbons (Fsp3) is 0.350. The van der Waals surface area contributed by atoms with Gasteiger partial charge < -0.3 is 15.0 Å². The summed E-state index contributed by atoms with van der Waals surface area (Å²) in [5.74, 6) is 1.37.